The summed E-state index contributed by atoms with van der Waals surface area (Å²) in [5, 5.41) is 7.08. The molecule has 0 saturated carbocycles. The molecular weight excluding hydrogens is 314 g/mol. The summed E-state index contributed by atoms with van der Waals surface area (Å²) in [6.45, 7) is 2.11. The van der Waals surface area contributed by atoms with Gasteiger partial charge in [-0.2, -0.15) is 11.8 Å². The van der Waals surface area contributed by atoms with Crippen molar-refractivity contribution in [2.24, 2.45) is 5.16 Å². The summed E-state index contributed by atoms with van der Waals surface area (Å²) in [6.07, 6.45) is 0.595. The van der Waals surface area contributed by atoms with Crippen LogP contribution in [0, 0.1) is 0 Å². The number of ether oxygens (including phenoxy) is 1. The Hall–Kier alpha value is -1.89. The molecule has 0 aliphatic carbocycles. The van der Waals surface area contributed by atoms with Crippen LogP contribution in [0.2, 0.25) is 0 Å². The minimum absolute atomic E-state index is 0.00759. The highest BCUT2D eigenvalue weighted by molar-refractivity contribution is 7.99. The summed E-state index contributed by atoms with van der Waals surface area (Å²) >= 11 is 1.89. The smallest absolute Gasteiger partial charge is 0.317 e. The lowest BCUT2D eigenvalue weighted by atomic mass is 10.0. The second kappa shape index (κ2) is 7.59. The Bertz CT molecular complexity index is 570. The number of hydrogen-bond donors (Lipinski definition) is 1. The zero-order chi connectivity index (χ0) is 16.1. The minimum Gasteiger partial charge on any atom is -0.497 e. The number of thioether (sulfide) groups is 1. The Kier molecular flexibility index (Phi) is 5.27. The predicted octanol–water partition coefficient (Wildman–Crippen LogP) is 1.95. The van der Waals surface area contributed by atoms with Gasteiger partial charge in [-0.15, -0.1) is 0 Å². The number of rotatable bonds is 4. The highest BCUT2D eigenvalue weighted by Crippen LogP contribution is 2.19. The first-order valence-electron chi connectivity index (χ1n) is 7.74. The molecule has 23 heavy (non-hydrogen) atoms. The molecule has 124 valence electrons. The second-order valence-electron chi connectivity index (χ2n) is 5.48. The third kappa shape index (κ3) is 4.10. The van der Waals surface area contributed by atoms with Crippen molar-refractivity contribution in [2.45, 2.75) is 12.5 Å². The van der Waals surface area contributed by atoms with Crippen molar-refractivity contribution in [1.82, 2.24) is 10.2 Å². The highest BCUT2D eigenvalue weighted by atomic mass is 32.2. The molecule has 0 aromatic heterocycles. The molecule has 1 unspecified atom stereocenters. The van der Waals surface area contributed by atoms with E-state index in [1.807, 2.05) is 40.9 Å². The summed E-state index contributed by atoms with van der Waals surface area (Å²) in [5.41, 5.74) is 1.92. The summed E-state index contributed by atoms with van der Waals surface area (Å²) in [7, 11) is 1.64. The van der Waals surface area contributed by atoms with E-state index in [1.54, 1.807) is 7.11 Å². The molecule has 2 heterocycles. The molecule has 1 fully saturated rings. The van der Waals surface area contributed by atoms with Gasteiger partial charge in [0, 0.05) is 31.0 Å². The molecule has 1 aromatic carbocycles. The Morgan fingerprint density at radius 2 is 2.13 bits per heavy atom. The number of urea groups is 1. The van der Waals surface area contributed by atoms with Gasteiger partial charge in [-0.1, -0.05) is 5.16 Å². The van der Waals surface area contributed by atoms with Gasteiger partial charge in [-0.3, -0.25) is 0 Å². The molecule has 0 spiro atoms. The number of amides is 2. The van der Waals surface area contributed by atoms with Crippen LogP contribution >= 0.6 is 11.8 Å². The van der Waals surface area contributed by atoms with E-state index < -0.39 is 0 Å². The van der Waals surface area contributed by atoms with Crippen LogP contribution in [0.1, 0.15) is 12.0 Å². The lowest BCUT2D eigenvalue weighted by molar-refractivity contribution is 0.0850. The van der Waals surface area contributed by atoms with E-state index in [2.05, 4.69) is 10.5 Å². The number of nitrogens with one attached hydrogen (secondary N) is 1. The third-order valence-corrected chi connectivity index (χ3v) is 4.88. The first-order chi connectivity index (χ1) is 11.3. The molecule has 1 atom stereocenters. The quantitative estimate of drug-likeness (QED) is 0.913. The van der Waals surface area contributed by atoms with Crippen molar-refractivity contribution >= 4 is 23.5 Å². The number of hydrogen-bond acceptors (Lipinski definition) is 5. The molecule has 0 bridgehead atoms. The van der Waals surface area contributed by atoms with Crippen molar-refractivity contribution in [2.75, 3.05) is 38.2 Å². The van der Waals surface area contributed by atoms with Crippen LogP contribution in [-0.2, 0) is 4.84 Å². The fraction of sp³-hybridized carbons (Fsp3) is 0.500. The van der Waals surface area contributed by atoms with Gasteiger partial charge < -0.3 is 19.8 Å². The monoisotopic (exact) mass is 335 g/mol. The van der Waals surface area contributed by atoms with Crippen LogP contribution in [0.5, 0.6) is 5.75 Å². The molecule has 2 aliphatic heterocycles. The summed E-state index contributed by atoms with van der Waals surface area (Å²) in [6, 6.07) is 7.73. The van der Waals surface area contributed by atoms with Gasteiger partial charge in [0.15, 0.2) is 6.10 Å². The largest absolute Gasteiger partial charge is 0.497 e. The van der Waals surface area contributed by atoms with Gasteiger partial charge in [-0.25, -0.2) is 4.79 Å². The summed E-state index contributed by atoms with van der Waals surface area (Å²) in [5.74, 6) is 2.84. The van der Waals surface area contributed by atoms with E-state index >= 15 is 0 Å². The van der Waals surface area contributed by atoms with Crippen molar-refractivity contribution in [3.05, 3.63) is 29.8 Å². The third-order valence-electron chi connectivity index (χ3n) is 3.94. The topological polar surface area (TPSA) is 63.2 Å². The van der Waals surface area contributed by atoms with Crippen molar-refractivity contribution < 1.29 is 14.4 Å². The predicted molar refractivity (Wildman–Crippen MR) is 91.3 cm³/mol. The van der Waals surface area contributed by atoms with E-state index in [1.165, 1.54) is 0 Å². The molecule has 3 rings (SSSR count). The zero-order valence-corrected chi connectivity index (χ0v) is 14.0. The number of methoxy groups -OCH3 is 1. The summed E-state index contributed by atoms with van der Waals surface area (Å²) < 4.78 is 5.15. The molecule has 1 aromatic rings. The van der Waals surface area contributed by atoms with Crippen LogP contribution in [0.15, 0.2) is 29.4 Å². The number of carbonyl (C=O) groups excluding carboxylic acids is 1. The van der Waals surface area contributed by atoms with E-state index in [0.29, 0.717) is 13.0 Å². The lowest BCUT2D eigenvalue weighted by Gasteiger charge is -2.26. The summed E-state index contributed by atoms with van der Waals surface area (Å²) in [4.78, 5) is 19.4. The van der Waals surface area contributed by atoms with Crippen molar-refractivity contribution in [1.29, 1.82) is 0 Å². The average molecular weight is 335 g/mol. The molecular formula is C16H21N3O3S. The van der Waals surface area contributed by atoms with Gasteiger partial charge in [-0.05, 0) is 29.8 Å². The van der Waals surface area contributed by atoms with Crippen LogP contribution in [0.25, 0.3) is 0 Å². The first kappa shape index (κ1) is 16.0. The van der Waals surface area contributed by atoms with Gasteiger partial charge in [0.25, 0.3) is 0 Å². The Morgan fingerprint density at radius 3 is 2.83 bits per heavy atom. The normalized spacial score (nSPS) is 20.7. The Labute approximate surface area is 140 Å². The minimum atomic E-state index is -0.102. The number of carbonyl (C=O) groups is 1. The van der Waals surface area contributed by atoms with Crippen molar-refractivity contribution in [3.63, 3.8) is 0 Å². The second-order valence-corrected chi connectivity index (χ2v) is 6.71. The van der Waals surface area contributed by atoms with Gasteiger partial charge >= 0.3 is 6.03 Å². The van der Waals surface area contributed by atoms with Gasteiger partial charge in [0.1, 0.15) is 5.75 Å². The Balaban J connectivity index is 1.46. The lowest BCUT2D eigenvalue weighted by Crippen LogP contribution is -2.46. The molecule has 6 nitrogen and oxygen atoms in total. The van der Waals surface area contributed by atoms with E-state index in [-0.39, 0.29) is 12.1 Å². The van der Waals surface area contributed by atoms with Crippen LogP contribution in [0.3, 0.4) is 0 Å². The van der Waals surface area contributed by atoms with Gasteiger partial charge in [0.2, 0.25) is 0 Å². The first-order valence-corrected chi connectivity index (χ1v) is 8.89. The molecule has 1 saturated heterocycles. The molecule has 0 radical (unpaired) electrons. The molecule has 2 aliphatic rings. The number of benzene rings is 1. The highest BCUT2D eigenvalue weighted by Gasteiger charge is 2.24. The maximum Gasteiger partial charge on any atom is 0.317 e. The average Bonchev–Trinajstić information content (AvgIpc) is 3.09. The fourth-order valence-electron chi connectivity index (χ4n) is 2.57. The van der Waals surface area contributed by atoms with Crippen LogP contribution in [-0.4, -0.2) is 61.0 Å². The maximum absolute atomic E-state index is 12.1. The maximum atomic E-state index is 12.1. The molecule has 7 heteroatoms. The Morgan fingerprint density at radius 1 is 1.39 bits per heavy atom. The van der Waals surface area contributed by atoms with Gasteiger partial charge in [0.05, 0.1) is 19.4 Å². The van der Waals surface area contributed by atoms with Crippen LogP contribution < -0.4 is 10.1 Å². The van der Waals surface area contributed by atoms with E-state index in [0.717, 1.165) is 41.6 Å². The van der Waals surface area contributed by atoms with E-state index in [4.69, 9.17) is 9.57 Å². The molecule has 1 N–H and O–H groups in total. The SMILES string of the molecule is COc1ccc(C2=NOC(CNC(=O)N3CCSCC3)C2)cc1. The van der Waals surface area contributed by atoms with Crippen LogP contribution in [0.4, 0.5) is 4.79 Å². The fourth-order valence-corrected chi connectivity index (χ4v) is 3.47. The molecule has 2 amide bonds. The number of nitrogens with zero attached hydrogens (tertiary/aromatic N) is 2. The standard InChI is InChI=1S/C16H21N3O3S/c1-21-13-4-2-12(3-5-13)15-10-14(22-18-15)11-17-16(20)19-6-8-23-9-7-19/h2-5,14H,6-11H2,1H3,(H,17,20). The van der Waals surface area contributed by atoms with E-state index in [9.17, 15) is 4.79 Å². The van der Waals surface area contributed by atoms with Crippen molar-refractivity contribution in [3.8, 4) is 5.75 Å². The number of oxime groups is 1. The zero-order valence-electron chi connectivity index (χ0n) is 13.2.